The van der Waals surface area contributed by atoms with E-state index in [-0.39, 0.29) is 0 Å². The Morgan fingerprint density at radius 3 is 2.65 bits per heavy atom. The number of nitrogens with two attached hydrogens (primary N) is 1. The second-order valence-corrected chi connectivity index (χ2v) is 7.13. The molecule has 2 heterocycles. The second-order valence-electron chi connectivity index (χ2n) is 6.73. The maximum atomic E-state index is 6.33. The maximum Gasteiger partial charge on any atom is 0.156 e. The van der Waals surface area contributed by atoms with Crippen molar-refractivity contribution in [3.05, 3.63) is 41.3 Å². The van der Waals surface area contributed by atoms with Crippen LogP contribution in [0, 0.1) is 12.8 Å². The highest BCUT2D eigenvalue weighted by molar-refractivity contribution is 6.32. The summed E-state index contributed by atoms with van der Waals surface area (Å²) < 4.78 is 5.79. The maximum absolute atomic E-state index is 6.33. The van der Waals surface area contributed by atoms with Gasteiger partial charge in [-0.2, -0.15) is 0 Å². The molecule has 0 spiro atoms. The summed E-state index contributed by atoms with van der Waals surface area (Å²) in [6.07, 6.45) is 4.29. The minimum absolute atomic E-state index is 0.390. The van der Waals surface area contributed by atoms with Gasteiger partial charge in [0.25, 0.3) is 0 Å². The first-order chi connectivity index (χ1) is 10.8. The molecule has 2 rings (SSSR count). The molecule has 0 aliphatic rings. The molecule has 124 valence electrons. The number of halogens is 1. The molecule has 0 radical (unpaired) electrons. The lowest BCUT2D eigenvalue weighted by molar-refractivity contribution is 0.206. The van der Waals surface area contributed by atoms with E-state index in [2.05, 4.69) is 23.8 Å². The number of pyridine rings is 2. The van der Waals surface area contributed by atoms with Gasteiger partial charge in [0.2, 0.25) is 0 Å². The van der Waals surface area contributed by atoms with Crippen molar-refractivity contribution in [2.45, 2.75) is 39.7 Å². The molecule has 0 aliphatic heterocycles. The first kappa shape index (κ1) is 17.7. The molecule has 1 atom stereocenters. The predicted octanol–water partition coefficient (Wildman–Crippen LogP) is 4.25. The Morgan fingerprint density at radius 1 is 1.30 bits per heavy atom. The molecule has 2 aromatic heterocycles. The SMILES string of the molecule is Cc1cc(-c2cc(Cl)c(OCC(C)(N)CC(C)C)cn2)ccn1. The Morgan fingerprint density at radius 2 is 2.04 bits per heavy atom. The van der Waals surface area contributed by atoms with Crippen LogP contribution in [0.2, 0.25) is 5.02 Å². The van der Waals surface area contributed by atoms with Crippen molar-refractivity contribution in [3.63, 3.8) is 0 Å². The molecule has 0 saturated carbocycles. The second kappa shape index (κ2) is 7.28. The Hall–Kier alpha value is -1.65. The van der Waals surface area contributed by atoms with Gasteiger partial charge >= 0.3 is 0 Å². The topological polar surface area (TPSA) is 61.0 Å². The summed E-state index contributed by atoms with van der Waals surface area (Å²) in [6.45, 7) is 8.62. The normalized spacial score (nSPS) is 13.9. The molecule has 0 amide bonds. The van der Waals surface area contributed by atoms with Gasteiger partial charge in [0.15, 0.2) is 5.75 Å². The molecule has 2 aromatic rings. The van der Waals surface area contributed by atoms with Crippen molar-refractivity contribution >= 4 is 11.6 Å². The van der Waals surface area contributed by atoms with Crippen LogP contribution in [0.25, 0.3) is 11.3 Å². The Bertz CT molecular complexity index is 671. The average molecular weight is 334 g/mol. The van der Waals surface area contributed by atoms with E-state index in [0.29, 0.717) is 23.3 Å². The molecule has 0 saturated heterocycles. The van der Waals surface area contributed by atoms with Gasteiger partial charge in [0.1, 0.15) is 6.61 Å². The molecule has 0 fully saturated rings. The van der Waals surface area contributed by atoms with Gasteiger partial charge in [-0.3, -0.25) is 9.97 Å². The Kier molecular flexibility index (Phi) is 5.60. The average Bonchev–Trinajstić information content (AvgIpc) is 2.44. The smallest absolute Gasteiger partial charge is 0.156 e. The van der Waals surface area contributed by atoms with Crippen LogP contribution in [0.1, 0.15) is 32.9 Å². The van der Waals surface area contributed by atoms with E-state index < -0.39 is 5.54 Å². The molecule has 2 N–H and O–H groups in total. The third-order valence-electron chi connectivity index (χ3n) is 3.44. The predicted molar refractivity (Wildman–Crippen MR) is 94.8 cm³/mol. The summed E-state index contributed by atoms with van der Waals surface area (Å²) in [5.74, 6) is 1.07. The van der Waals surface area contributed by atoms with Crippen molar-refractivity contribution in [1.29, 1.82) is 0 Å². The number of rotatable bonds is 6. The number of hydrogen-bond acceptors (Lipinski definition) is 4. The molecule has 5 heteroatoms. The zero-order chi connectivity index (χ0) is 17.0. The fourth-order valence-corrected chi connectivity index (χ4v) is 2.83. The fourth-order valence-electron chi connectivity index (χ4n) is 2.62. The molecular formula is C18H24ClN3O. The quantitative estimate of drug-likeness (QED) is 0.858. The first-order valence-corrected chi connectivity index (χ1v) is 8.15. The van der Waals surface area contributed by atoms with Crippen molar-refractivity contribution in [2.24, 2.45) is 11.7 Å². The highest BCUT2D eigenvalue weighted by Crippen LogP contribution is 2.29. The number of nitrogens with zero attached hydrogens (tertiary/aromatic N) is 2. The van der Waals surface area contributed by atoms with Gasteiger partial charge in [-0.25, -0.2) is 0 Å². The minimum atomic E-state index is -0.390. The summed E-state index contributed by atoms with van der Waals surface area (Å²) in [5, 5.41) is 0.532. The van der Waals surface area contributed by atoms with Crippen LogP contribution in [0.4, 0.5) is 0 Å². The van der Waals surface area contributed by atoms with Crippen LogP contribution in [0.15, 0.2) is 30.6 Å². The monoisotopic (exact) mass is 333 g/mol. The lowest BCUT2D eigenvalue weighted by atomic mass is 9.93. The zero-order valence-electron chi connectivity index (χ0n) is 14.1. The van der Waals surface area contributed by atoms with E-state index in [1.165, 1.54) is 0 Å². The van der Waals surface area contributed by atoms with E-state index >= 15 is 0 Å². The summed E-state index contributed by atoms with van der Waals surface area (Å²) in [5.41, 5.74) is 8.58. The van der Waals surface area contributed by atoms with Crippen molar-refractivity contribution in [1.82, 2.24) is 9.97 Å². The minimum Gasteiger partial charge on any atom is -0.488 e. The molecule has 0 bridgehead atoms. The largest absolute Gasteiger partial charge is 0.488 e. The number of ether oxygens (including phenoxy) is 1. The van der Waals surface area contributed by atoms with Crippen molar-refractivity contribution in [3.8, 4) is 17.0 Å². The molecule has 1 unspecified atom stereocenters. The molecule has 23 heavy (non-hydrogen) atoms. The van der Waals surface area contributed by atoms with Gasteiger partial charge in [0.05, 0.1) is 16.9 Å². The summed E-state index contributed by atoms with van der Waals surface area (Å²) >= 11 is 6.33. The molecule has 0 aliphatic carbocycles. The third kappa shape index (κ3) is 5.19. The van der Waals surface area contributed by atoms with E-state index in [0.717, 1.165) is 23.4 Å². The highest BCUT2D eigenvalue weighted by atomic mass is 35.5. The van der Waals surface area contributed by atoms with Crippen molar-refractivity contribution in [2.75, 3.05) is 6.61 Å². The van der Waals surface area contributed by atoms with Gasteiger partial charge < -0.3 is 10.5 Å². The molecule has 0 aromatic carbocycles. The molecular weight excluding hydrogens is 310 g/mol. The Labute approximate surface area is 143 Å². The van der Waals surface area contributed by atoms with E-state index in [4.69, 9.17) is 22.1 Å². The highest BCUT2D eigenvalue weighted by Gasteiger charge is 2.21. The number of aryl methyl sites for hydroxylation is 1. The van der Waals surface area contributed by atoms with Crippen molar-refractivity contribution < 1.29 is 4.74 Å². The lowest BCUT2D eigenvalue weighted by Gasteiger charge is -2.26. The molecule has 4 nitrogen and oxygen atoms in total. The van der Waals surface area contributed by atoms with Gasteiger partial charge in [-0.1, -0.05) is 25.4 Å². The van der Waals surface area contributed by atoms with Gasteiger partial charge in [-0.05, 0) is 44.4 Å². The summed E-state index contributed by atoms with van der Waals surface area (Å²) in [7, 11) is 0. The number of hydrogen-bond donors (Lipinski definition) is 1. The van der Waals surface area contributed by atoms with Crippen LogP contribution >= 0.6 is 11.6 Å². The lowest BCUT2D eigenvalue weighted by Crippen LogP contribution is -2.43. The fraction of sp³-hybridized carbons (Fsp3) is 0.444. The first-order valence-electron chi connectivity index (χ1n) is 7.77. The summed E-state index contributed by atoms with van der Waals surface area (Å²) in [6, 6.07) is 5.69. The van der Waals surface area contributed by atoms with Crippen LogP contribution in [0.3, 0.4) is 0 Å². The van der Waals surface area contributed by atoms with Crippen LogP contribution < -0.4 is 10.5 Å². The van der Waals surface area contributed by atoms with Gasteiger partial charge in [0, 0.05) is 23.0 Å². The van der Waals surface area contributed by atoms with Crippen LogP contribution in [-0.4, -0.2) is 22.1 Å². The number of aromatic nitrogens is 2. The van der Waals surface area contributed by atoms with E-state index in [9.17, 15) is 0 Å². The standard InChI is InChI=1S/C18H24ClN3O/c1-12(2)9-18(4,20)11-23-17-10-22-16(8-15(17)19)14-5-6-21-13(3)7-14/h5-8,10,12H,9,11,20H2,1-4H3. The Balaban J connectivity index is 2.11. The van der Waals surface area contributed by atoms with E-state index in [1.807, 2.05) is 32.0 Å². The third-order valence-corrected chi connectivity index (χ3v) is 3.74. The van der Waals surface area contributed by atoms with E-state index in [1.54, 1.807) is 12.4 Å². The van der Waals surface area contributed by atoms with Gasteiger partial charge in [-0.15, -0.1) is 0 Å². The van der Waals surface area contributed by atoms with Crippen LogP contribution in [0.5, 0.6) is 5.75 Å². The summed E-state index contributed by atoms with van der Waals surface area (Å²) in [4.78, 5) is 8.62. The zero-order valence-corrected chi connectivity index (χ0v) is 14.9. The van der Waals surface area contributed by atoms with Crippen LogP contribution in [-0.2, 0) is 0 Å².